The molecule has 0 aromatic rings. The second kappa shape index (κ2) is 3.26. The Morgan fingerprint density at radius 1 is 0.929 bits per heavy atom. The van der Waals surface area contributed by atoms with Crippen LogP contribution in [0.5, 0.6) is 0 Å². The van der Waals surface area contributed by atoms with Crippen LogP contribution in [0.15, 0.2) is 10.3 Å². The highest BCUT2D eigenvalue weighted by Crippen LogP contribution is 2.47. The summed E-state index contributed by atoms with van der Waals surface area (Å²) >= 11 is 0. The Kier molecular flexibility index (Phi) is 2.21. The zero-order valence-electron chi connectivity index (χ0n) is 8.51. The summed E-state index contributed by atoms with van der Waals surface area (Å²) in [4.78, 5) is 0. The van der Waals surface area contributed by atoms with E-state index < -0.39 is 0 Å². The van der Waals surface area contributed by atoms with Gasteiger partial charge in [-0.3, -0.25) is 0 Å². The van der Waals surface area contributed by atoms with Crippen molar-refractivity contribution in [1.82, 2.24) is 0 Å². The van der Waals surface area contributed by atoms with Gasteiger partial charge in [-0.25, -0.2) is 0 Å². The largest absolute Gasteiger partial charge is 0.411 e. The first kappa shape index (κ1) is 9.49. The van der Waals surface area contributed by atoms with Crippen LogP contribution in [0.25, 0.3) is 0 Å². The Hall–Kier alpha value is -1.06. The Balaban J connectivity index is 2.24. The maximum Gasteiger partial charge on any atom is 0.0605 e. The lowest BCUT2D eigenvalue weighted by Crippen LogP contribution is -2.12. The van der Waals surface area contributed by atoms with Crippen molar-refractivity contribution in [1.29, 1.82) is 0 Å². The van der Waals surface area contributed by atoms with Crippen LogP contribution in [0.1, 0.15) is 26.7 Å². The lowest BCUT2D eigenvalue weighted by Gasteiger charge is -2.13. The van der Waals surface area contributed by atoms with Gasteiger partial charge < -0.3 is 10.4 Å². The maximum absolute atomic E-state index is 8.81. The molecule has 4 atom stereocenters. The molecule has 2 aliphatic carbocycles. The maximum atomic E-state index is 8.81. The van der Waals surface area contributed by atoms with E-state index in [1.807, 2.05) is 0 Å². The van der Waals surface area contributed by atoms with Crippen molar-refractivity contribution in [2.24, 2.45) is 34.0 Å². The molecule has 2 rings (SSSR count). The van der Waals surface area contributed by atoms with Crippen molar-refractivity contribution >= 4 is 11.4 Å². The van der Waals surface area contributed by atoms with E-state index in [9.17, 15) is 0 Å². The number of nitrogens with zero attached hydrogens (tertiary/aromatic N) is 2. The molecule has 2 N–H and O–H groups in total. The van der Waals surface area contributed by atoms with E-state index >= 15 is 0 Å². The molecular weight excluding hydrogens is 180 g/mol. The molecule has 0 aromatic heterocycles. The lowest BCUT2D eigenvalue weighted by atomic mass is 9.90. The molecule has 2 fully saturated rings. The summed E-state index contributed by atoms with van der Waals surface area (Å²) in [5.41, 5.74) is 1.81. The Morgan fingerprint density at radius 3 is 1.57 bits per heavy atom. The van der Waals surface area contributed by atoms with Crippen LogP contribution >= 0.6 is 0 Å². The quantitative estimate of drug-likeness (QED) is 0.459. The minimum absolute atomic E-state index is 0.326. The third-order valence-corrected chi connectivity index (χ3v) is 4.03. The van der Waals surface area contributed by atoms with Gasteiger partial charge in [0.05, 0.1) is 11.4 Å². The van der Waals surface area contributed by atoms with Gasteiger partial charge in [0.1, 0.15) is 0 Å². The lowest BCUT2D eigenvalue weighted by molar-refractivity contribution is 0.312. The van der Waals surface area contributed by atoms with Crippen molar-refractivity contribution in [3.63, 3.8) is 0 Å². The first-order chi connectivity index (χ1) is 6.69. The minimum atomic E-state index is 0.326. The van der Waals surface area contributed by atoms with E-state index in [2.05, 4.69) is 24.2 Å². The van der Waals surface area contributed by atoms with Crippen LogP contribution < -0.4 is 0 Å². The fraction of sp³-hybridized carbons (Fsp3) is 0.800. The second-order valence-electron chi connectivity index (χ2n) is 4.50. The average Bonchev–Trinajstić information content (AvgIpc) is 2.66. The number of hydrogen-bond acceptors (Lipinski definition) is 4. The topological polar surface area (TPSA) is 65.2 Å². The predicted molar refractivity (Wildman–Crippen MR) is 53.0 cm³/mol. The van der Waals surface area contributed by atoms with Gasteiger partial charge in [-0.1, -0.05) is 24.2 Å². The molecule has 0 radical (unpaired) electrons. The molecular formula is C10H16N2O2. The number of fused-ring (bicyclic) bond motifs is 1. The SMILES string of the molecule is C[C@H]1/C(=N\O)CC2C1C/C(=N/O)[C@@H]2C. The Morgan fingerprint density at radius 2 is 1.29 bits per heavy atom. The van der Waals surface area contributed by atoms with Gasteiger partial charge in [-0.15, -0.1) is 0 Å². The molecule has 78 valence electrons. The molecule has 14 heavy (non-hydrogen) atoms. The van der Waals surface area contributed by atoms with Gasteiger partial charge in [0.15, 0.2) is 0 Å². The molecule has 0 aliphatic heterocycles. The van der Waals surface area contributed by atoms with Gasteiger partial charge in [0.2, 0.25) is 0 Å². The smallest absolute Gasteiger partial charge is 0.0605 e. The molecule has 2 saturated carbocycles. The number of hydrogen-bond donors (Lipinski definition) is 2. The number of rotatable bonds is 0. The van der Waals surface area contributed by atoms with Crippen molar-refractivity contribution in [3.8, 4) is 0 Å². The molecule has 0 bridgehead atoms. The van der Waals surface area contributed by atoms with Gasteiger partial charge in [-0.05, 0) is 24.7 Å². The highest BCUT2D eigenvalue weighted by atomic mass is 16.4. The van der Waals surface area contributed by atoms with Crippen LogP contribution in [0.4, 0.5) is 0 Å². The molecule has 4 heteroatoms. The van der Waals surface area contributed by atoms with E-state index in [-0.39, 0.29) is 0 Å². The summed E-state index contributed by atoms with van der Waals surface area (Å²) in [7, 11) is 0. The zero-order chi connectivity index (χ0) is 10.3. The van der Waals surface area contributed by atoms with Crippen LogP contribution in [0, 0.1) is 23.7 Å². The third kappa shape index (κ3) is 1.13. The van der Waals surface area contributed by atoms with E-state index in [0.29, 0.717) is 23.7 Å². The summed E-state index contributed by atoms with van der Waals surface area (Å²) in [5, 5.41) is 24.3. The van der Waals surface area contributed by atoms with Crippen LogP contribution in [0.2, 0.25) is 0 Å². The van der Waals surface area contributed by atoms with Gasteiger partial charge in [-0.2, -0.15) is 0 Å². The van der Waals surface area contributed by atoms with Gasteiger partial charge in [0.25, 0.3) is 0 Å². The average molecular weight is 196 g/mol. The summed E-state index contributed by atoms with van der Waals surface area (Å²) < 4.78 is 0. The minimum Gasteiger partial charge on any atom is -0.411 e. The normalized spacial score (nSPS) is 47.6. The van der Waals surface area contributed by atoms with Crippen molar-refractivity contribution in [3.05, 3.63) is 0 Å². The summed E-state index contributed by atoms with van der Waals surface area (Å²) in [6, 6.07) is 0. The fourth-order valence-electron chi connectivity index (χ4n) is 3.01. The summed E-state index contributed by atoms with van der Waals surface area (Å²) in [6.45, 7) is 4.18. The molecule has 0 spiro atoms. The third-order valence-electron chi connectivity index (χ3n) is 4.03. The molecule has 0 heterocycles. The van der Waals surface area contributed by atoms with Crippen molar-refractivity contribution in [2.75, 3.05) is 0 Å². The van der Waals surface area contributed by atoms with Crippen molar-refractivity contribution < 1.29 is 10.4 Å². The van der Waals surface area contributed by atoms with Gasteiger partial charge in [0, 0.05) is 11.8 Å². The molecule has 0 saturated heterocycles. The summed E-state index contributed by atoms with van der Waals surface area (Å²) in [6.07, 6.45) is 1.70. The first-order valence-electron chi connectivity index (χ1n) is 5.10. The standard InChI is InChI=1S/C10H16N2O2/c1-5-7-3-10(12-14)6(2)8(7)4-9(5)11-13/h5-8,13-14H,3-4H2,1-2H3/b11-9-,12-10-/t5-,6-,7?,8?/m1/s1. The van der Waals surface area contributed by atoms with Crippen LogP contribution in [-0.2, 0) is 0 Å². The van der Waals surface area contributed by atoms with Crippen LogP contribution in [0.3, 0.4) is 0 Å². The van der Waals surface area contributed by atoms with E-state index in [1.54, 1.807) is 0 Å². The Labute approximate surface area is 83.3 Å². The highest BCUT2D eigenvalue weighted by molar-refractivity contribution is 5.95. The number of oxime groups is 2. The molecule has 4 nitrogen and oxygen atoms in total. The monoisotopic (exact) mass is 196 g/mol. The van der Waals surface area contributed by atoms with Crippen molar-refractivity contribution in [2.45, 2.75) is 26.7 Å². The Bertz CT molecular complexity index is 268. The van der Waals surface area contributed by atoms with E-state index in [1.165, 1.54) is 0 Å². The second-order valence-corrected chi connectivity index (χ2v) is 4.50. The molecule has 2 aliphatic rings. The van der Waals surface area contributed by atoms with Crippen LogP contribution in [-0.4, -0.2) is 21.8 Å². The van der Waals surface area contributed by atoms with E-state index in [4.69, 9.17) is 10.4 Å². The fourth-order valence-corrected chi connectivity index (χ4v) is 3.01. The first-order valence-corrected chi connectivity index (χ1v) is 5.10. The predicted octanol–water partition coefficient (Wildman–Crippen LogP) is 1.96. The zero-order valence-corrected chi connectivity index (χ0v) is 8.51. The molecule has 0 amide bonds. The van der Waals surface area contributed by atoms with E-state index in [0.717, 1.165) is 24.3 Å². The molecule has 0 aromatic carbocycles. The molecule has 2 unspecified atom stereocenters. The highest BCUT2D eigenvalue weighted by Gasteiger charge is 2.48. The summed E-state index contributed by atoms with van der Waals surface area (Å²) in [5.74, 6) is 1.65. The van der Waals surface area contributed by atoms with Gasteiger partial charge >= 0.3 is 0 Å².